The van der Waals surface area contributed by atoms with Crippen LogP contribution in [0.15, 0.2) is 23.1 Å². The summed E-state index contributed by atoms with van der Waals surface area (Å²) < 4.78 is 22.9. The van der Waals surface area contributed by atoms with Gasteiger partial charge in [0.2, 0.25) is 5.91 Å². The molecule has 6 heteroatoms. The smallest absolute Gasteiger partial charge is 0.239 e. The Balaban J connectivity index is 2.48. The zero-order valence-corrected chi connectivity index (χ0v) is 8.80. The van der Waals surface area contributed by atoms with E-state index in [1.54, 1.807) is 6.08 Å². The molecule has 1 aliphatic carbocycles. The van der Waals surface area contributed by atoms with Crippen LogP contribution in [0, 0.1) is 0 Å². The molecule has 1 aliphatic heterocycles. The van der Waals surface area contributed by atoms with Crippen LogP contribution in [-0.2, 0) is 14.6 Å². The van der Waals surface area contributed by atoms with Crippen molar-refractivity contribution in [2.75, 3.05) is 11.5 Å². The maximum Gasteiger partial charge on any atom is 0.239 e. The van der Waals surface area contributed by atoms with Gasteiger partial charge in [-0.1, -0.05) is 6.08 Å². The van der Waals surface area contributed by atoms with E-state index in [1.807, 2.05) is 0 Å². The topological polar surface area (TPSA) is 83.5 Å². The first kappa shape index (κ1) is 10.2. The summed E-state index contributed by atoms with van der Waals surface area (Å²) in [5, 5.41) is 12.1. The fraction of sp³-hybridized carbons (Fsp3) is 0.444. The van der Waals surface area contributed by atoms with Gasteiger partial charge in [-0.3, -0.25) is 4.79 Å². The summed E-state index contributed by atoms with van der Waals surface area (Å²) in [5.74, 6) is -1.24. The van der Waals surface area contributed by atoms with Crippen LogP contribution in [-0.4, -0.2) is 30.9 Å². The first-order valence-electron chi connectivity index (χ1n) is 4.60. The average molecular weight is 229 g/mol. The van der Waals surface area contributed by atoms with Gasteiger partial charge in [0.05, 0.1) is 11.5 Å². The number of sulfone groups is 1. The van der Waals surface area contributed by atoms with Crippen LogP contribution in [0.4, 0.5) is 0 Å². The lowest BCUT2D eigenvalue weighted by Crippen LogP contribution is -2.26. The summed E-state index contributed by atoms with van der Waals surface area (Å²) >= 11 is 0. The number of amides is 1. The molecule has 2 rings (SSSR count). The number of nitrogens with one attached hydrogen (secondary N) is 1. The summed E-state index contributed by atoms with van der Waals surface area (Å²) in [6.07, 6.45) is 2.79. The number of aliphatic hydroxyl groups is 1. The zero-order chi connectivity index (χ0) is 11.1. The predicted molar refractivity (Wildman–Crippen MR) is 53.8 cm³/mol. The molecular weight excluding hydrogens is 218 g/mol. The van der Waals surface area contributed by atoms with Gasteiger partial charge in [-0.05, 0) is 6.42 Å². The van der Waals surface area contributed by atoms with Crippen LogP contribution in [0.5, 0.6) is 0 Å². The highest BCUT2D eigenvalue weighted by Crippen LogP contribution is 2.25. The largest absolute Gasteiger partial charge is 0.512 e. The van der Waals surface area contributed by atoms with Crippen molar-refractivity contribution >= 4 is 15.7 Å². The second-order valence-electron chi connectivity index (χ2n) is 3.66. The Morgan fingerprint density at radius 3 is 2.80 bits per heavy atom. The molecule has 1 fully saturated rings. The van der Waals surface area contributed by atoms with Gasteiger partial charge in [0.1, 0.15) is 5.75 Å². The van der Waals surface area contributed by atoms with Gasteiger partial charge in [-0.15, -0.1) is 0 Å². The Labute approximate surface area is 87.4 Å². The van der Waals surface area contributed by atoms with Crippen molar-refractivity contribution in [3.8, 4) is 0 Å². The van der Waals surface area contributed by atoms with E-state index in [4.69, 9.17) is 0 Å². The SMILES string of the molecule is O=C1CS(=O)(=O)CC2=C(O)CCC=C2N1. The molecule has 2 aliphatic rings. The molecule has 15 heavy (non-hydrogen) atoms. The fourth-order valence-electron chi connectivity index (χ4n) is 1.73. The maximum atomic E-state index is 11.4. The molecule has 1 saturated heterocycles. The van der Waals surface area contributed by atoms with E-state index in [9.17, 15) is 18.3 Å². The Hall–Kier alpha value is -1.30. The van der Waals surface area contributed by atoms with Crippen LogP contribution >= 0.6 is 0 Å². The van der Waals surface area contributed by atoms with Gasteiger partial charge >= 0.3 is 0 Å². The molecule has 0 radical (unpaired) electrons. The second kappa shape index (κ2) is 3.37. The highest BCUT2D eigenvalue weighted by Gasteiger charge is 2.29. The average Bonchev–Trinajstić information content (AvgIpc) is 2.20. The molecule has 0 bridgehead atoms. The van der Waals surface area contributed by atoms with Gasteiger partial charge in [-0.2, -0.15) is 0 Å². The third-order valence-corrected chi connectivity index (χ3v) is 3.82. The number of allylic oxidation sites excluding steroid dienone is 3. The number of carbonyl (C=O) groups excluding carboxylic acids is 1. The summed E-state index contributed by atoms with van der Waals surface area (Å²) in [4.78, 5) is 11.2. The van der Waals surface area contributed by atoms with Gasteiger partial charge < -0.3 is 10.4 Å². The minimum atomic E-state index is -3.44. The maximum absolute atomic E-state index is 11.4. The molecular formula is C9H11NO4S. The third kappa shape index (κ3) is 2.04. The fourth-order valence-corrected chi connectivity index (χ4v) is 3.06. The Morgan fingerprint density at radius 1 is 1.33 bits per heavy atom. The van der Waals surface area contributed by atoms with Crippen molar-refractivity contribution in [3.05, 3.63) is 23.1 Å². The Morgan fingerprint density at radius 2 is 2.07 bits per heavy atom. The summed E-state index contributed by atoms with van der Waals surface area (Å²) in [7, 11) is -3.44. The number of hydrogen-bond donors (Lipinski definition) is 2. The lowest BCUT2D eigenvalue weighted by atomic mass is 10.0. The molecule has 0 unspecified atom stereocenters. The molecule has 0 aromatic rings. The van der Waals surface area contributed by atoms with E-state index in [2.05, 4.69) is 5.32 Å². The first-order valence-corrected chi connectivity index (χ1v) is 6.42. The van der Waals surface area contributed by atoms with E-state index < -0.39 is 21.5 Å². The minimum absolute atomic E-state index is 0.0678. The normalized spacial score (nSPS) is 25.1. The van der Waals surface area contributed by atoms with E-state index in [0.29, 0.717) is 24.1 Å². The van der Waals surface area contributed by atoms with Crippen LogP contribution in [0.3, 0.4) is 0 Å². The molecule has 1 heterocycles. The van der Waals surface area contributed by atoms with Crippen molar-refractivity contribution in [1.82, 2.24) is 5.32 Å². The first-order chi connectivity index (χ1) is 6.98. The highest BCUT2D eigenvalue weighted by molar-refractivity contribution is 7.92. The number of carbonyl (C=O) groups is 1. The van der Waals surface area contributed by atoms with Gasteiger partial charge in [0.25, 0.3) is 0 Å². The van der Waals surface area contributed by atoms with E-state index in [0.717, 1.165) is 0 Å². The van der Waals surface area contributed by atoms with Crippen LogP contribution in [0.2, 0.25) is 0 Å². The lowest BCUT2D eigenvalue weighted by Gasteiger charge is -2.15. The Kier molecular flexibility index (Phi) is 2.30. The molecule has 82 valence electrons. The molecule has 1 amide bonds. The summed E-state index contributed by atoms with van der Waals surface area (Å²) in [6, 6.07) is 0. The van der Waals surface area contributed by atoms with Gasteiger partial charge in [-0.25, -0.2) is 8.42 Å². The van der Waals surface area contributed by atoms with Crippen molar-refractivity contribution < 1.29 is 18.3 Å². The monoisotopic (exact) mass is 229 g/mol. The quantitative estimate of drug-likeness (QED) is 0.613. The standard InChI is InChI=1S/C9H11NO4S/c11-8-3-1-2-7-6(8)4-15(13,14)5-9(12)10-7/h2,11H,1,3-5H2,(H,10,12). The van der Waals surface area contributed by atoms with Crippen molar-refractivity contribution in [3.63, 3.8) is 0 Å². The second-order valence-corrected chi connectivity index (χ2v) is 5.73. The Bertz CT molecular complexity index is 472. The molecule has 0 aromatic carbocycles. The van der Waals surface area contributed by atoms with Crippen molar-refractivity contribution in [2.45, 2.75) is 12.8 Å². The molecule has 0 spiro atoms. The summed E-state index contributed by atoms with van der Waals surface area (Å²) in [6.45, 7) is 0. The predicted octanol–water partition coefficient (Wildman–Crippen LogP) is 0.0208. The van der Waals surface area contributed by atoms with Crippen molar-refractivity contribution in [1.29, 1.82) is 0 Å². The van der Waals surface area contributed by atoms with Crippen LogP contribution in [0.25, 0.3) is 0 Å². The van der Waals surface area contributed by atoms with Gasteiger partial charge in [0, 0.05) is 17.7 Å². The number of aliphatic hydroxyl groups excluding tert-OH is 1. The minimum Gasteiger partial charge on any atom is -0.512 e. The molecule has 0 atom stereocenters. The zero-order valence-electron chi connectivity index (χ0n) is 7.99. The molecule has 0 saturated carbocycles. The van der Waals surface area contributed by atoms with Crippen molar-refractivity contribution in [2.24, 2.45) is 0 Å². The van der Waals surface area contributed by atoms with E-state index in [-0.39, 0.29) is 11.5 Å². The summed E-state index contributed by atoms with van der Waals surface area (Å²) in [5.41, 5.74) is 0.789. The number of hydrogen-bond acceptors (Lipinski definition) is 4. The molecule has 5 nitrogen and oxygen atoms in total. The lowest BCUT2D eigenvalue weighted by molar-refractivity contribution is -0.117. The van der Waals surface area contributed by atoms with E-state index >= 15 is 0 Å². The highest BCUT2D eigenvalue weighted by atomic mass is 32.2. The van der Waals surface area contributed by atoms with E-state index in [1.165, 1.54) is 0 Å². The number of rotatable bonds is 0. The van der Waals surface area contributed by atoms with Crippen LogP contribution < -0.4 is 5.32 Å². The third-order valence-electron chi connectivity index (χ3n) is 2.39. The number of fused-ring (bicyclic) bond motifs is 1. The molecule has 2 N–H and O–H groups in total. The molecule has 0 aromatic heterocycles. The van der Waals surface area contributed by atoms with Crippen LogP contribution in [0.1, 0.15) is 12.8 Å². The van der Waals surface area contributed by atoms with Gasteiger partial charge in [0.15, 0.2) is 9.84 Å².